The molecule has 0 amide bonds. The summed E-state index contributed by atoms with van der Waals surface area (Å²) in [7, 11) is 0. The Labute approximate surface area is 115 Å². The number of nitrogens with zero attached hydrogens (tertiary/aromatic N) is 1. The first-order valence-electron chi connectivity index (χ1n) is 3.01. The Hall–Kier alpha value is 0.00688. The summed E-state index contributed by atoms with van der Waals surface area (Å²) in [4.78, 5) is 0. The average molecular weight is 263 g/mol. The van der Waals surface area contributed by atoms with Gasteiger partial charge < -0.3 is 34.5 Å². The van der Waals surface area contributed by atoms with Gasteiger partial charge in [-0.1, -0.05) is 0 Å². The third-order valence-corrected chi connectivity index (χ3v) is 1.89. The zero-order valence-corrected chi connectivity index (χ0v) is 10.1. The molecular formula is C9H6CuLiNS2. The fourth-order valence-corrected chi connectivity index (χ4v) is 1.18. The third-order valence-electron chi connectivity index (χ3n) is 0.758. The van der Waals surface area contributed by atoms with Crippen molar-refractivity contribution in [2.45, 2.75) is 0 Å². The van der Waals surface area contributed by atoms with E-state index in [2.05, 4.69) is 10.8 Å². The average Bonchev–Trinajstić information content (AvgIpc) is 2.87. The fourth-order valence-electron chi connectivity index (χ4n) is 0.393. The van der Waals surface area contributed by atoms with Crippen molar-refractivity contribution >= 4 is 22.7 Å². The van der Waals surface area contributed by atoms with Crippen LogP contribution in [0.4, 0.5) is 0 Å². The third kappa shape index (κ3) is 14.5. The van der Waals surface area contributed by atoms with E-state index in [1.807, 2.05) is 35.0 Å². The molecule has 5 heteroatoms. The number of thiophene rings is 2. The molecule has 2 rings (SSSR count). The largest absolute Gasteiger partial charge is 2.00 e. The molecule has 0 aromatic carbocycles. The van der Waals surface area contributed by atoms with Crippen molar-refractivity contribution in [2.75, 3.05) is 0 Å². The Balaban J connectivity index is -0.000000131. The Kier molecular flexibility index (Phi) is 26.2. The van der Waals surface area contributed by atoms with E-state index < -0.39 is 0 Å². The normalized spacial score (nSPS) is 5.86. The van der Waals surface area contributed by atoms with Crippen LogP contribution >= 0.6 is 22.7 Å². The molecule has 2 heterocycles. The second kappa shape index (κ2) is 18.7. The Bertz CT molecular complexity index is 195. The summed E-state index contributed by atoms with van der Waals surface area (Å²) in [5.41, 5.74) is 0. The van der Waals surface area contributed by atoms with Crippen LogP contribution < -0.4 is 18.9 Å². The molecule has 2 aromatic heterocycles. The smallest absolute Gasteiger partial charge is 0.512 e. The molecule has 1 radical (unpaired) electrons. The van der Waals surface area contributed by atoms with Crippen molar-refractivity contribution in [1.29, 1.82) is 5.26 Å². The van der Waals surface area contributed by atoms with Gasteiger partial charge in [0.15, 0.2) is 0 Å². The zero-order chi connectivity index (χ0) is 9.07. The van der Waals surface area contributed by atoms with Gasteiger partial charge in [-0.3, -0.25) is 0 Å². The van der Waals surface area contributed by atoms with Gasteiger partial charge in [-0.25, -0.2) is 12.1 Å². The van der Waals surface area contributed by atoms with Crippen LogP contribution in [-0.2, 0) is 17.1 Å². The van der Waals surface area contributed by atoms with E-state index in [1.54, 1.807) is 22.7 Å². The summed E-state index contributed by atoms with van der Waals surface area (Å²) in [6.07, 6.45) is 0. The van der Waals surface area contributed by atoms with E-state index >= 15 is 0 Å². The van der Waals surface area contributed by atoms with Gasteiger partial charge in [-0.05, 0) is 0 Å². The van der Waals surface area contributed by atoms with E-state index in [4.69, 9.17) is 11.8 Å². The molecule has 0 bridgehead atoms. The molecule has 0 N–H and O–H groups in total. The second-order valence-electron chi connectivity index (χ2n) is 1.46. The van der Waals surface area contributed by atoms with Crippen molar-refractivity contribution in [1.82, 2.24) is 0 Å². The number of hydrogen-bond acceptors (Lipinski definition) is 3. The molecular weight excluding hydrogens is 257 g/mol. The molecule has 0 aliphatic heterocycles. The van der Waals surface area contributed by atoms with E-state index in [1.165, 1.54) is 0 Å². The summed E-state index contributed by atoms with van der Waals surface area (Å²) < 4.78 is 0. The van der Waals surface area contributed by atoms with Crippen molar-refractivity contribution in [2.24, 2.45) is 0 Å². The molecule has 0 saturated carbocycles. The van der Waals surface area contributed by atoms with Gasteiger partial charge in [0.2, 0.25) is 0 Å². The molecule has 0 fully saturated rings. The minimum absolute atomic E-state index is 0. The van der Waals surface area contributed by atoms with Crippen molar-refractivity contribution in [3.05, 3.63) is 52.4 Å². The van der Waals surface area contributed by atoms with Gasteiger partial charge in [0.25, 0.3) is 0 Å². The number of hydrogen-bond donors (Lipinski definition) is 0. The van der Waals surface area contributed by atoms with Gasteiger partial charge >= 0.3 is 35.9 Å². The summed E-state index contributed by atoms with van der Waals surface area (Å²) in [6, 6.07) is 7.71. The van der Waals surface area contributed by atoms with E-state index in [-0.39, 0.29) is 35.9 Å². The fraction of sp³-hybridized carbons (Fsp3) is 0. The summed E-state index contributed by atoms with van der Waals surface area (Å²) in [5, 5.41) is 16.0. The predicted octanol–water partition coefficient (Wildman–Crippen LogP) is 0.194. The van der Waals surface area contributed by atoms with Gasteiger partial charge in [-0.15, -0.1) is 10.8 Å². The van der Waals surface area contributed by atoms with Gasteiger partial charge in [0.05, 0.1) is 0 Å². The van der Waals surface area contributed by atoms with Gasteiger partial charge in [-0.2, -0.15) is 22.9 Å². The Morgan fingerprint density at radius 2 is 1.29 bits per heavy atom. The quantitative estimate of drug-likeness (QED) is 0.491. The first-order valence-corrected chi connectivity index (χ1v) is 4.77. The predicted molar refractivity (Wildman–Crippen MR) is 51.3 cm³/mol. The minimum atomic E-state index is 0. The van der Waals surface area contributed by atoms with Crippen molar-refractivity contribution < 1.29 is 35.9 Å². The van der Waals surface area contributed by atoms with Crippen LogP contribution in [0.5, 0.6) is 0 Å². The molecule has 2 aromatic rings. The summed E-state index contributed by atoms with van der Waals surface area (Å²) in [6.45, 7) is 4.75. The topological polar surface area (TPSA) is 23.8 Å². The molecule has 71 valence electrons. The Morgan fingerprint density at radius 1 is 0.929 bits per heavy atom. The first-order chi connectivity index (χ1) is 6.00. The molecule has 14 heavy (non-hydrogen) atoms. The van der Waals surface area contributed by atoms with Crippen LogP contribution in [0.25, 0.3) is 0 Å². The van der Waals surface area contributed by atoms with Crippen LogP contribution in [0.1, 0.15) is 0 Å². The number of rotatable bonds is 0. The zero-order valence-electron chi connectivity index (χ0n) is 7.53. The molecule has 0 atom stereocenters. The Morgan fingerprint density at radius 3 is 1.36 bits per heavy atom. The summed E-state index contributed by atoms with van der Waals surface area (Å²) in [5.74, 6) is 0. The minimum Gasteiger partial charge on any atom is -0.512 e. The van der Waals surface area contributed by atoms with Crippen molar-refractivity contribution in [3.63, 3.8) is 0 Å². The molecule has 1 nitrogen and oxygen atoms in total. The standard InChI is InChI=1S/2C4H3S.CN.Cu.Li/c2*1-2-4-5-3-1;1-2;;/h2*1-3H;;;/q3*-1;+2;+1. The summed E-state index contributed by atoms with van der Waals surface area (Å²) >= 11 is 3.18. The molecule has 0 aliphatic rings. The van der Waals surface area contributed by atoms with Gasteiger partial charge in [0.1, 0.15) is 0 Å². The van der Waals surface area contributed by atoms with E-state index in [0.29, 0.717) is 0 Å². The van der Waals surface area contributed by atoms with Crippen LogP contribution in [0, 0.1) is 22.6 Å². The van der Waals surface area contributed by atoms with Crippen LogP contribution in [0.3, 0.4) is 0 Å². The first kappa shape index (κ1) is 19.6. The van der Waals surface area contributed by atoms with Crippen LogP contribution in [0.2, 0.25) is 0 Å². The maximum Gasteiger partial charge on any atom is 2.00 e. The van der Waals surface area contributed by atoms with Crippen molar-refractivity contribution in [3.8, 4) is 0 Å². The monoisotopic (exact) mass is 262 g/mol. The molecule has 0 saturated heterocycles. The molecule has 0 spiro atoms. The van der Waals surface area contributed by atoms with E-state index in [0.717, 1.165) is 0 Å². The van der Waals surface area contributed by atoms with Crippen LogP contribution in [-0.4, -0.2) is 0 Å². The second-order valence-corrected chi connectivity index (χ2v) is 2.95. The van der Waals surface area contributed by atoms with Crippen LogP contribution in [0.15, 0.2) is 35.0 Å². The maximum absolute atomic E-state index is 6.25. The van der Waals surface area contributed by atoms with Gasteiger partial charge in [0, 0.05) is 0 Å². The molecule has 0 aliphatic carbocycles. The van der Waals surface area contributed by atoms with E-state index in [9.17, 15) is 0 Å². The maximum atomic E-state index is 6.25. The SMILES string of the molecule is [C-]#N.[Cu+2].[Li+].[c-]1cccs1.[c-]1cccs1. The molecule has 0 unspecified atom stereocenters.